The highest BCUT2D eigenvalue weighted by atomic mass is 16.4. The van der Waals surface area contributed by atoms with Crippen LogP contribution in [0.15, 0.2) is 0 Å². The van der Waals surface area contributed by atoms with Crippen molar-refractivity contribution >= 4 is 23.8 Å². The van der Waals surface area contributed by atoms with Crippen LogP contribution >= 0.6 is 0 Å². The largest absolute Gasteiger partial charge is 0.481 e. The summed E-state index contributed by atoms with van der Waals surface area (Å²) in [4.78, 5) is 46.9. The second kappa shape index (κ2) is 6.11. The molecule has 1 aliphatic heterocycles. The van der Waals surface area contributed by atoms with Gasteiger partial charge in [-0.3, -0.25) is 19.3 Å². The minimum Gasteiger partial charge on any atom is -0.481 e. The first-order valence-electron chi connectivity index (χ1n) is 6.98. The fourth-order valence-corrected chi connectivity index (χ4v) is 2.77. The van der Waals surface area contributed by atoms with E-state index in [0.29, 0.717) is 19.3 Å². The van der Waals surface area contributed by atoms with Gasteiger partial charge in [-0.25, -0.2) is 4.79 Å². The Labute approximate surface area is 121 Å². The number of likely N-dealkylation sites (N-methyl/N-ethyl adjacent to an activating group) is 1. The van der Waals surface area contributed by atoms with Crippen LogP contribution < -0.4 is 10.6 Å². The van der Waals surface area contributed by atoms with Gasteiger partial charge in [0.05, 0.1) is 5.92 Å². The maximum absolute atomic E-state index is 11.9. The molecule has 3 atom stereocenters. The molecule has 1 saturated heterocycles. The first-order valence-corrected chi connectivity index (χ1v) is 6.98. The van der Waals surface area contributed by atoms with Gasteiger partial charge in [0.1, 0.15) is 6.04 Å². The Morgan fingerprint density at radius 2 is 1.90 bits per heavy atom. The number of carbonyl (C=O) groups is 4. The number of piperidine rings is 1. The van der Waals surface area contributed by atoms with Crippen molar-refractivity contribution in [3.05, 3.63) is 0 Å². The van der Waals surface area contributed by atoms with Gasteiger partial charge in [-0.2, -0.15) is 0 Å². The summed E-state index contributed by atoms with van der Waals surface area (Å²) in [5.41, 5.74) is 0. The molecule has 0 radical (unpaired) electrons. The van der Waals surface area contributed by atoms with Crippen molar-refractivity contribution in [2.45, 2.75) is 44.2 Å². The van der Waals surface area contributed by atoms with Crippen LogP contribution in [0.25, 0.3) is 0 Å². The van der Waals surface area contributed by atoms with Crippen LogP contribution in [0.4, 0.5) is 4.79 Å². The lowest BCUT2D eigenvalue weighted by molar-refractivity contribution is -0.148. The Hall–Kier alpha value is -2.12. The van der Waals surface area contributed by atoms with Crippen molar-refractivity contribution < 1.29 is 24.3 Å². The number of hydrogen-bond acceptors (Lipinski definition) is 4. The van der Waals surface area contributed by atoms with Gasteiger partial charge in [-0.05, 0) is 25.7 Å². The average molecular weight is 297 g/mol. The average Bonchev–Trinajstić information content (AvgIpc) is 2.88. The summed E-state index contributed by atoms with van der Waals surface area (Å²) in [5, 5.41) is 14.1. The third kappa shape index (κ3) is 3.50. The zero-order valence-electron chi connectivity index (χ0n) is 11.8. The maximum atomic E-state index is 11.9. The van der Waals surface area contributed by atoms with E-state index < -0.39 is 29.9 Å². The van der Waals surface area contributed by atoms with Crippen LogP contribution in [0.3, 0.4) is 0 Å². The van der Waals surface area contributed by atoms with Gasteiger partial charge in [0.15, 0.2) is 0 Å². The van der Waals surface area contributed by atoms with Gasteiger partial charge in [-0.1, -0.05) is 0 Å². The summed E-state index contributed by atoms with van der Waals surface area (Å²) in [6.07, 6.45) is 2.07. The number of carboxylic acids is 1. The molecule has 1 heterocycles. The van der Waals surface area contributed by atoms with Crippen molar-refractivity contribution in [2.24, 2.45) is 5.92 Å². The zero-order valence-corrected chi connectivity index (χ0v) is 11.8. The van der Waals surface area contributed by atoms with Crippen LogP contribution in [-0.4, -0.2) is 53.0 Å². The van der Waals surface area contributed by atoms with Gasteiger partial charge in [0, 0.05) is 19.5 Å². The molecule has 21 heavy (non-hydrogen) atoms. The van der Waals surface area contributed by atoms with Crippen LogP contribution in [0.1, 0.15) is 32.1 Å². The fraction of sp³-hybridized carbons (Fsp3) is 0.692. The predicted molar refractivity (Wildman–Crippen MR) is 71.2 cm³/mol. The summed E-state index contributed by atoms with van der Waals surface area (Å²) in [6.45, 7) is 0. The molecule has 0 bridgehead atoms. The number of rotatable bonds is 3. The second-order valence-corrected chi connectivity index (χ2v) is 5.55. The molecule has 0 aromatic rings. The number of nitrogens with one attached hydrogen (secondary N) is 2. The lowest BCUT2D eigenvalue weighted by Gasteiger charge is -2.28. The Kier molecular flexibility index (Phi) is 4.44. The molecule has 1 saturated carbocycles. The zero-order chi connectivity index (χ0) is 15.6. The minimum absolute atomic E-state index is 0.191. The lowest BCUT2D eigenvalue weighted by atomic mass is 10.1. The van der Waals surface area contributed by atoms with Crippen LogP contribution in [0, 0.1) is 5.92 Å². The van der Waals surface area contributed by atoms with Crippen molar-refractivity contribution in [1.29, 1.82) is 0 Å². The van der Waals surface area contributed by atoms with Crippen molar-refractivity contribution in [3.63, 3.8) is 0 Å². The van der Waals surface area contributed by atoms with Gasteiger partial charge < -0.3 is 15.7 Å². The number of nitrogens with zero attached hydrogens (tertiary/aromatic N) is 1. The smallest absolute Gasteiger partial charge is 0.315 e. The van der Waals surface area contributed by atoms with Crippen molar-refractivity contribution in [3.8, 4) is 0 Å². The third-order valence-electron chi connectivity index (χ3n) is 4.07. The second-order valence-electron chi connectivity index (χ2n) is 5.55. The molecular formula is C13H19N3O5. The Bertz CT molecular complexity index is 478. The van der Waals surface area contributed by atoms with E-state index in [0.717, 1.165) is 4.90 Å². The molecule has 4 amide bonds. The van der Waals surface area contributed by atoms with Crippen molar-refractivity contribution in [2.75, 3.05) is 7.05 Å². The summed E-state index contributed by atoms with van der Waals surface area (Å²) < 4.78 is 0. The lowest BCUT2D eigenvalue weighted by Crippen LogP contribution is -2.55. The molecule has 8 heteroatoms. The Morgan fingerprint density at radius 3 is 2.52 bits per heavy atom. The van der Waals surface area contributed by atoms with E-state index in [9.17, 15) is 19.2 Å². The minimum atomic E-state index is -0.845. The molecule has 8 nitrogen and oxygen atoms in total. The number of likely N-dealkylation sites (tertiary alicyclic amines) is 1. The number of urea groups is 1. The van der Waals surface area contributed by atoms with E-state index in [1.807, 2.05) is 0 Å². The molecule has 1 aliphatic carbocycles. The first-order chi connectivity index (χ1) is 9.88. The number of imide groups is 1. The molecule has 0 spiro atoms. The third-order valence-corrected chi connectivity index (χ3v) is 4.07. The summed E-state index contributed by atoms with van der Waals surface area (Å²) >= 11 is 0. The van der Waals surface area contributed by atoms with Crippen LogP contribution in [-0.2, 0) is 14.4 Å². The molecular weight excluding hydrogens is 278 g/mol. The van der Waals surface area contributed by atoms with Crippen LogP contribution in [0.5, 0.6) is 0 Å². The fourth-order valence-electron chi connectivity index (χ4n) is 2.77. The van der Waals surface area contributed by atoms with Gasteiger partial charge in [-0.15, -0.1) is 0 Å². The number of carboxylic acid groups (broad SMARTS) is 1. The van der Waals surface area contributed by atoms with E-state index >= 15 is 0 Å². The summed E-state index contributed by atoms with van der Waals surface area (Å²) in [7, 11) is 1.39. The van der Waals surface area contributed by atoms with E-state index in [4.69, 9.17) is 5.11 Å². The standard InChI is InChI=1S/C13H19N3O5/c1-16-10(17)5-4-9(11(16)18)15-13(21)14-8-3-2-7(6-8)12(19)20/h7-9H,2-6H2,1H3,(H,19,20)(H2,14,15,21). The number of hydrogen-bond donors (Lipinski definition) is 3. The molecule has 0 aromatic heterocycles. The monoisotopic (exact) mass is 297 g/mol. The highest BCUT2D eigenvalue weighted by molar-refractivity contribution is 6.01. The molecule has 2 rings (SSSR count). The Morgan fingerprint density at radius 1 is 1.19 bits per heavy atom. The number of carbonyl (C=O) groups excluding carboxylic acids is 3. The van der Waals surface area contributed by atoms with Crippen molar-refractivity contribution in [1.82, 2.24) is 15.5 Å². The molecule has 2 aliphatic rings. The topological polar surface area (TPSA) is 116 Å². The first kappa shape index (κ1) is 15.3. The van der Waals surface area contributed by atoms with Gasteiger partial charge >= 0.3 is 12.0 Å². The molecule has 2 fully saturated rings. The van der Waals surface area contributed by atoms with E-state index in [1.165, 1.54) is 7.05 Å². The number of aliphatic carboxylic acids is 1. The highest BCUT2D eigenvalue weighted by Gasteiger charge is 2.34. The number of amides is 4. The van der Waals surface area contributed by atoms with E-state index in [-0.39, 0.29) is 24.8 Å². The van der Waals surface area contributed by atoms with Gasteiger partial charge in [0.25, 0.3) is 5.91 Å². The van der Waals surface area contributed by atoms with E-state index in [2.05, 4.69) is 10.6 Å². The molecule has 116 valence electrons. The SMILES string of the molecule is CN1C(=O)CCC(NC(=O)NC2CCC(C(=O)O)C2)C1=O. The summed E-state index contributed by atoms with van der Waals surface area (Å²) in [5.74, 6) is -1.94. The summed E-state index contributed by atoms with van der Waals surface area (Å²) in [6, 6.07) is -1.39. The van der Waals surface area contributed by atoms with Gasteiger partial charge in [0.2, 0.25) is 5.91 Å². The molecule has 0 aromatic carbocycles. The molecule has 3 unspecified atom stereocenters. The Balaban J connectivity index is 1.81. The normalized spacial score (nSPS) is 29.4. The maximum Gasteiger partial charge on any atom is 0.315 e. The predicted octanol–water partition coefficient (Wildman–Crippen LogP) is -0.314. The molecule has 3 N–H and O–H groups in total. The van der Waals surface area contributed by atoms with Crippen LogP contribution in [0.2, 0.25) is 0 Å². The highest BCUT2D eigenvalue weighted by Crippen LogP contribution is 2.25. The quantitative estimate of drug-likeness (QED) is 0.618. The van der Waals surface area contributed by atoms with E-state index in [1.54, 1.807) is 0 Å².